The molecule has 0 aromatic rings. The Kier molecular flexibility index (Phi) is 8.29. The average molecular weight is 230 g/mol. The lowest BCUT2D eigenvalue weighted by Crippen LogP contribution is -2.38. The van der Waals surface area contributed by atoms with Crippen LogP contribution in [0.15, 0.2) is 0 Å². The SMILES string of the molecule is CCCCCN(CCNC(=O)OC)C(C)=O. The maximum atomic E-state index is 11.3. The van der Waals surface area contributed by atoms with E-state index < -0.39 is 6.09 Å². The first kappa shape index (κ1) is 14.7. The van der Waals surface area contributed by atoms with E-state index >= 15 is 0 Å². The van der Waals surface area contributed by atoms with Gasteiger partial charge in [0.1, 0.15) is 0 Å². The number of unbranched alkanes of at least 4 members (excludes halogenated alkanes) is 2. The number of carbonyl (C=O) groups is 2. The van der Waals surface area contributed by atoms with Crippen LogP contribution in [0.1, 0.15) is 33.1 Å². The molecule has 2 amide bonds. The van der Waals surface area contributed by atoms with Gasteiger partial charge in [0.05, 0.1) is 7.11 Å². The monoisotopic (exact) mass is 230 g/mol. The van der Waals surface area contributed by atoms with E-state index in [-0.39, 0.29) is 5.91 Å². The topological polar surface area (TPSA) is 58.6 Å². The standard InChI is InChI=1S/C11H22N2O3/c1-4-5-6-8-13(10(2)14)9-7-12-11(15)16-3/h4-9H2,1-3H3,(H,12,15). The molecule has 0 aliphatic rings. The van der Waals surface area contributed by atoms with Crippen molar-refractivity contribution in [2.75, 3.05) is 26.7 Å². The second-order valence-electron chi connectivity index (χ2n) is 3.63. The van der Waals surface area contributed by atoms with E-state index in [1.165, 1.54) is 7.11 Å². The summed E-state index contributed by atoms with van der Waals surface area (Å²) in [6.07, 6.45) is 2.80. The predicted octanol–water partition coefficient (Wildman–Crippen LogP) is 1.38. The van der Waals surface area contributed by atoms with Crippen molar-refractivity contribution in [3.63, 3.8) is 0 Å². The molecule has 0 heterocycles. The smallest absolute Gasteiger partial charge is 0.406 e. The molecule has 0 fully saturated rings. The Labute approximate surface area is 97.1 Å². The number of ether oxygens (including phenoxy) is 1. The van der Waals surface area contributed by atoms with E-state index in [1.807, 2.05) is 0 Å². The molecule has 0 aliphatic carbocycles. The Morgan fingerprint density at radius 1 is 1.25 bits per heavy atom. The van der Waals surface area contributed by atoms with Gasteiger partial charge in [-0.25, -0.2) is 4.79 Å². The first-order chi connectivity index (χ1) is 7.61. The summed E-state index contributed by atoms with van der Waals surface area (Å²) >= 11 is 0. The number of hydrogen-bond acceptors (Lipinski definition) is 3. The zero-order chi connectivity index (χ0) is 12.4. The molecule has 0 saturated heterocycles. The Morgan fingerprint density at radius 2 is 1.94 bits per heavy atom. The molecule has 0 saturated carbocycles. The molecule has 0 bridgehead atoms. The van der Waals surface area contributed by atoms with E-state index in [9.17, 15) is 9.59 Å². The highest BCUT2D eigenvalue weighted by atomic mass is 16.5. The zero-order valence-corrected chi connectivity index (χ0v) is 10.4. The van der Waals surface area contributed by atoms with Crippen LogP contribution >= 0.6 is 0 Å². The molecular formula is C11H22N2O3. The van der Waals surface area contributed by atoms with Crippen molar-refractivity contribution in [3.8, 4) is 0 Å². The summed E-state index contributed by atoms with van der Waals surface area (Å²) in [5.41, 5.74) is 0. The molecule has 0 aromatic heterocycles. The van der Waals surface area contributed by atoms with Gasteiger partial charge in [-0.05, 0) is 6.42 Å². The largest absolute Gasteiger partial charge is 0.453 e. The minimum absolute atomic E-state index is 0.0442. The van der Waals surface area contributed by atoms with Gasteiger partial charge in [-0.15, -0.1) is 0 Å². The number of amides is 2. The molecule has 0 aromatic carbocycles. The molecule has 5 heteroatoms. The van der Waals surface area contributed by atoms with Crippen LogP contribution in [0.25, 0.3) is 0 Å². The number of hydrogen-bond donors (Lipinski definition) is 1. The minimum Gasteiger partial charge on any atom is -0.453 e. The van der Waals surface area contributed by atoms with Crippen LogP contribution in [-0.4, -0.2) is 43.6 Å². The van der Waals surface area contributed by atoms with Crippen molar-refractivity contribution in [1.29, 1.82) is 0 Å². The van der Waals surface area contributed by atoms with Crippen molar-refractivity contribution < 1.29 is 14.3 Å². The third kappa shape index (κ3) is 7.09. The van der Waals surface area contributed by atoms with Crippen molar-refractivity contribution in [2.24, 2.45) is 0 Å². The molecule has 0 unspecified atom stereocenters. The summed E-state index contributed by atoms with van der Waals surface area (Å²) < 4.78 is 4.44. The second-order valence-corrected chi connectivity index (χ2v) is 3.63. The van der Waals surface area contributed by atoms with Gasteiger partial charge in [-0.3, -0.25) is 4.79 Å². The lowest BCUT2D eigenvalue weighted by molar-refractivity contribution is -0.128. The van der Waals surface area contributed by atoms with Crippen LogP contribution < -0.4 is 5.32 Å². The van der Waals surface area contributed by atoms with E-state index in [4.69, 9.17) is 0 Å². The van der Waals surface area contributed by atoms with Crippen molar-refractivity contribution in [3.05, 3.63) is 0 Å². The van der Waals surface area contributed by atoms with Gasteiger partial charge in [-0.2, -0.15) is 0 Å². The Bertz CT molecular complexity index is 219. The normalized spacial score (nSPS) is 9.69. The minimum atomic E-state index is -0.461. The molecule has 5 nitrogen and oxygen atoms in total. The van der Waals surface area contributed by atoms with Gasteiger partial charge in [0.2, 0.25) is 5.91 Å². The third-order valence-electron chi connectivity index (χ3n) is 2.31. The zero-order valence-electron chi connectivity index (χ0n) is 10.4. The fraction of sp³-hybridized carbons (Fsp3) is 0.818. The summed E-state index contributed by atoms with van der Waals surface area (Å²) in [5.74, 6) is 0.0442. The fourth-order valence-electron chi connectivity index (χ4n) is 1.34. The summed E-state index contributed by atoms with van der Waals surface area (Å²) in [7, 11) is 1.32. The average Bonchev–Trinajstić information content (AvgIpc) is 2.26. The van der Waals surface area contributed by atoms with Crippen molar-refractivity contribution in [2.45, 2.75) is 33.1 Å². The molecule has 16 heavy (non-hydrogen) atoms. The van der Waals surface area contributed by atoms with Gasteiger partial charge in [0.15, 0.2) is 0 Å². The molecule has 0 atom stereocenters. The highest BCUT2D eigenvalue weighted by Crippen LogP contribution is 1.98. The summed E-state index contributed by atoms with van der Waals surface area (Å²) in [5, 5.41) is 2.55. The maximum Gasteiger partial charge on any atom is 0.406 e. The number of rotatable bonds is 7. The third-order valence-corrected chi connectivity index (χ3v) is 2.31. The van der Waals surface area contributed by atoms with Crippen LogP contribution in [-0.2, 0) is 9.53 Å². The van der Waals surface area contributed by atoms with Gasteiger partial charge in [0.25, 0.3) is 0 Å². The number of nitrogens with zero attached hydrogens (tertiary/aromatic N) is 1. The van der Waals surface area contributed by atoms with Gasteiger partial charge in [-0.1, -0.05) is 19.8 Å². The molecule has 0 spiro atoms. The lowest BCUT2D eigenvalue weighted by Gasteiger charge is -2.20. The highest BCUT2D eigenvalue weighted by molar-refractivity contribution is 5.73. The summed E-state index contributed by atoms with van der Waals surface area (Å²) in [6.45, 7) is 5.39. The maximum absolute atomic E-state index is 11.3. The first-order valence-corrected chi connectivity index (χ1v) is 5.69. The lowest BCUT2D eigenvalue weighted by atomic mass is 10.2. The van der Waals surface area contributed by atoms with E-state index in [0.717, 1.165) is 25.8 Å². The van der Waals surface area contributed by atoms with Gasteiger partial charge >= 0.3 is 6.09 Å². The van der Waals surface area contributed by atoms with Crippen molar-refractivity contribution in [1.82, 2.24) is 10.2 Å². The molecular weight excluding hydrogens is 208 g/mol. The molecule has 94 valence electrons. The second kappa shape index (κ2) is 9.00. The Balaban J connectivity index is 3.76. The van der Waals surface area contributed by atoms with E-state index in [0.29, 0.717) is 13.1 Å². The van der Waals surface area contributed by atoms with E-state index in [2.05, 4.69) is 17.0 Å². The number of carbonyl (C=O) groups excluding carboxylic acids is 2. The van der Waals surface area contributed by atoms with Crippen LogP contribution in [0.5, 0.6) is 0 Å². The summed E-state index contributed by atoms with van der Waals surface area (Å²) in [4.78, 5) is 23.8. The summed E-state index contributed by atoms with van der Waals surface area (Å²) in [6, 6.07) is 0. The number of methoxy groups -OCH3 is 1. The van der Waals surface area contributed by atoms with E-state index in [1.54, 1.807) is 11.8 Å². The molecule has 1 N–H and O–H groups in total. The van der Waals surface area contributed by atoms with Crippen molar-refractivity contribution >= 4 is 12.0 Å². The predicted molar refractivity (Wildman–Crippen MR) is 62.2 cm³/mol. The van der Waals surface area contributed by atoms with Crippen LogP contribution in [0.3, 0.4) is 0 Å². The molecule has 0 radical (unpaired) electrons. The van der Waals surface area contributed by atoms with Crippen LogP contribution in [0.4, 0.5) is 4.79 Å². The number of nitrogens with one attached hydrogen (secondary N) is 1. The van der Waals surface area contributed by atoms with Gasteiger partial charge < -0.3 is 15.0 Å². The molecule has 0 aliphatic heterocycles. The number of alkyl carbamates (subject to hydrolysis) is 1. The van der Waals surface area contributed by atoms with Crippen LogP contribution in [0.2, 0.25) is 0 Å². The first-order valence-electron chi connectivity index (χ1n) is 5.69. The highest BCUT2D eigenvalue weighted by Gasteiger charge is 2.08. The van der Waals surface area contributed by atoms with Gasteiger partial charge in [0, 0.05) is 26.6 Å². The molecule has 0 rings (SSSR count). The fourth-order valence-corrected chi connectivity index (χ4v) is 1.34. The Morgan fingerprint density at radius 3 is 2.44 bits per heavy atom. The van der Waals surface area contributed by atoms with Crippen LogP contribution in [0, 0.1) is 0 Å². The quantitative estimate of drug-likeness (QED) is 0.672. The Hall–Kier alpha value is -1.26.